The number of benzene rings is 8. The van der Waals surface area contributed by atoms with Crippen LogP contribution in [0.3, 0.4) is 0 Å². The van der Waals surface area contributed by atoms with E-state index >= 15 is 0 Å². The highest BCUT2D eigenvalue weighted by atomic mass is 15.0. The van der Waals surface area contributed by atoms with Gasteiger partial charge in [-0.15, -0.1) is 0 Å². The zero-order valence-corrected chi connectivity index (χ0v) is 30.9. The second kappa shape index (κ2) is 12.4. The summed E-state index contributed by atoms with van der Waals surface area (Å²) in [6.45, 7) is 0. The number of pyridine rings is 1. The smallest absolute Gasteiger partial charge is 0.145 e. The number of fused-ring (bicyclic) bond motifs is 9. The maximum atomic E-state index is 4.80. The van der Waals surface area contributed by atoms with Gasteiger partial charge in [-0.25, -0.2) is 4.98 Å². The minimum atomic E-state index is 0.968. The van der Waals surface area contributed by atoms with E-state index in [1.165, 1.54) is 54.6 Å². The molecular formula is C53H34N4. The van der Waals surface area contributed by atoms with Crippen LogP contribution in [-0.2, 0) is 0 Å². The number of para-hydroxylation sites is 5. The van der Waals surface area contributed by atoms with Crippen molar-refractivity contribution in [3.8, 4) is 39.3 Å². The molecule has 8 aromatic carbocycles. The zero-order chi connectivity index (χ0) is 37.5. The van der Waals surface area contributed by atoms with Crippen LogP contribution in [-0.4, -0.2) is 18.7 Å². The van der Waals surface area contributed by atoms with E-state index in [9.17, 15) is 0 Å². The van der Waals surface area contributed by atoms with Crippen LogP contribution in [0.1, 0.15) is 0 Å². The van der Waals surface area contributed by atoms with Crippen LogP contribution in [0.2, 0.25) is 0 Å². The van der Waals surface area contributed by atoms with Crippen LogP contribution in [0.25, 0.3) is 105 Å². The van der Waals surface area contributed by atoms with Crippen LogP contribution >= 0.6 is 0 Å². The Labute approximate surface area is 328 Å². The van der Waals surface area contributed by atoms with Gasteiger partial charge in [0.15, 0.2) is 0 Å². The molecule has 0 bridgehead atoms. The Kier molecular flexibility index (Phi) is 6.89. The molecule has 0 aliphatic carbocycles. The maximum Gasteiger partial charge on any atom is 0.145 e. The third kappa shape index (κ3) is 4.84. The molecule has 4 heterocycles. The molecule has 0 aliphatic rings. The summed E-state index contributed by atoms with van der Waals surface area (Å²) in [7, 11) is 0. The second-order valence-corrected chi connectivity index (χ2v) is 14.8. The molecule has 0 saturated carbocycles. The van der Waals surface area contributed by atoms with Crippen LogP contribution in [0.15, 0.2) is 206 Å². The fourth-order valence-corrected chi connectivity index (χ4v) is 9.16. The summed E-state index contributed by atoms with van der Waals surface area (Å²) >= 11 is 0. The standard InChI is InChI=1S/C53H34N4/c1-6-21-48-42(15-1)43-16-2-7-22-49(43)55(48)40-32-38(33-41(34-40)56-50-23-8-3-17-44(50)45-18-4-9-24-51(45)56)37-14-11-13-36(31-37)35-26-28-39(29-27-35)57-52-25-10-5-19-46(52)47-20-12-30-54-53(47)57/h1-34H. The first-order valence-corrected chi connectivity index (χ1v) is 19.5. The van der Waals surface area contributed by atoms with E-state index in [0.29, 0.717) is 0 Å². The molecule has 0 fully saturated rings. The van der Waals surface area contributed by atoms with Crippen molar-refractivity contribution in [3.63, 3.8) is 0 Å². The minimum Gasteiger partial charge on any atom is -0.309 e. The summed E-state index contributed by atoms with van der Waals surface area (Å²) in [6.07, 6.45) is 1.88. The Hall–Kier alpha value is -7.69. The highest BCUT2D eigenvalue weighted by molar-refractivity contribution is 6.11. The molecule has 0 radical (unpaired) electrons. The van der Waals surface area contributed by atoms with Gasteiger partial charge in [0.05, 0.1) is 27.6 Å². The number of hydrogen-bond acceptors (Lipinski definition) is 1. The summed E-state index contributed by atoms with van der Waals surface area (Å²) in [5.41, 5.74) is 14.9. The fraction of sp³-hybridized carbons (Fsp3) is 0. The van der Waals surface area contributed by atoms with Gasteiger partial charge in [-0.1, -0.05) is 121 Å². The average molecular weight is 727 g/mol. The molecule has 12 rings (SSSR count). The number of nitrogens with zero attached hydrogens (tertiary/aromatic N) is 4. The molecule has 266 valence electrons. The zero-order valence-electron chi connectivity index (χ0n) is 30.9. The van der Waals surface area contributed by atoms with Gasteiger partial charge in [0, 0.05) is 55.6 Å². The first-order chi connectivity index (χ1) is 28.3. The molecule has 0 unspecified atom stereocenters. The summed E-state index contributed by atoms with van der Waals surface area (Å²) in [5, 5.41) is 7.37. The molecule has 0 saturated heterocycles. The van der Waals surface area contributed by atoms with E-state index in [2.05, 4.69) is 208 Å². The normalized spacial score (nSPS) is 11.9. The Bertz CT molecular complexity index is 3230. The summed E-state index contributed by atoms with van der Waals surface area (Å²) < 4.78 is 7.12. The van der Waals surface area contributed by atoms with E-state index in [4.69, 9.17) is 4.98 Å². The summed E-state index contributed by atoms with van der Waals surface area (Å²) in [6, 6.07) is 72.6. The Morgan fingerprint density at radius 1 is 0.263 bits per heavy atom. The average Bonchev–Trinajstić information content (AvgIpc) is 3.92. The third-order valence-electron chi connectivity index (χ3n) is 11.7. The van der Waals surface area contributed by atoms with E-state index in [0.717, 1.165) is 50.3 Å². The van der Waals surface area contributed by atoms with Gasteiger partial charge >= 0.3 is 0 Å². The number of hydrogen-bond donors (Lipinski definition) is 0. The molecule has 0 atom stereocenters. The fourth-order valence-electron chi connectivity index (χ4n) is 9.16. The molecule has 12 aromatic rings. The van der Waals surface area contributed by atoms with Gasteiger partial charge in [-0.2, -0.15) is 0 Å². The van der Waals surface area contributed by atoms with Crippen molar-refractivity contribution in [1.82, 2.24) is 18.7 Å². The van der Waals surface area contributed by atoms with Crippen molar-refractivity contribution in [1.29, 1.82) is 0 Å². The van der Waals surface area contributed by atoms with Gasteiger partial charge in [0.25, 0.3) is 0 Å². The van der Waals surface area contributed by atoms with E-state index in [1.54, 1.807) is 0 Å². The molecule has 4 nitrogen and oxygen atoms in total. The van der Waals surface area contributed by atoms with Crippen LogP contribution < -0.4 is 0 Å². The van der Waals surface area contributed by atoms with E-state index in [-0.39, 0.29) is 0 Å². The van der Waals surface area contributed by atoms with Gasteiger partial charge in [-0.05, 0) is 101 Å². The van der Waals surface area contributed by atoms with Crippen molar-refractivity contribution < 1.29 is 0 Å². The van der Waals surface area contributed by atoms with Gasteiger partial charge < -0.3 is 9.13 Å². The lowest BCUT2D eigenvalue weighted by Crippen LogP contribution is -2.00. The molecule has 4 heteroatoms. The van der Waals surface area contributed by atoms with Crippen molar-refractivity contribution >= 4 is 65.5 Å². The molecule has 0 amide bonds. The predicted octanol–water partition coefficient (Wildman–Crippen LogP) is 13.7. The van der Waals surface area contributed by atoms with Crippen molar-refractivity contribution in [2.45, 2.75) is 0 Å². The second-order valence-electron chi connectivity index (χ2n) is 14.8. The maximum absolute atomic E-state index is 4.80. The minimum absolute atomic E-state index is 0.968. The largest absolute Gasteiger partial charge is 0.309 e. The van der Waals surface area contributed by atoms with E-state index in [1.807, 2.05) is 12.3 Å². The monoisotopic (exact) mass is 726 g/mol. The molecule has 0 aliphatic heterocycles. The highest BCUT2D eigenvalue weighted by Gasteiger charge is 2.18. The SMILES string of the molecule is c1cc(-c2ccc(-n3c4ccccc4c4cccnc43)cc2)cc(-c2cc(-n3c4ccccc4c4ccccc43)cc(-n3c4ccccc4c4ccccc43)c2)c1. The Balaban J connectivity index is 1.04. The van der Waals surface area contributed by atoms with Crippen LogP contribution in [0.4, 0.5) is 0 Å². The number of aromatic nitrogens is 4. The lowest BCUT2D eigenvalue weighted by Gasteiger charge is -2.16. The van der Waals surface area contributed by atoms with Crippen LogP contribution in [0.5, 0.6) is 0 Å². The van der Waals surface area contributed by atoms with Crippen LogP contribution in [0, 0.1) is 0 Å². The molecule has 57 heavy (non-hydrogen) atoms. The van der Waals surface area contributed by atoms with Gasteiger partial charge in [0.2, 0.25) is 0 Å². The van der Waals surface area contributed by atoms with E-state index < -0.39 is 0 Å². The van der Waals surface area contributed by atoms with Crippen molar-refractivity contribution in [3.05, 3.63) is 206 Å². The number of rotatable bonds is 5. The third-order valence-corrected chi connectivity index (χ3v) is 11.7. The lowest BCUT2D eigenvalue weighted by molar-refractivity contribution is 1.13. The topological polar surface area (TPSA) is 27.7 Å². The summed E-state index contributed by atoms with van der Waals surface area (Å²) in [5.74, 6) is 0. The molecule has 0 spiro atoms. The molecule has 4 aromatic heterocycles. The van der Waals surface area contributed by atoms with Crippen molar-refractivity contribution in [2.75, 3.05) is 0 Å². The lowest BCUT2D eigenvalue weighted by atomic mass is 9.98. The highest BCUT2D eigenvalue weighted by Crippen LogP contribution is 2.39. The Morgan fingerprint density at radius 2 is 0.684 bits per heavy atom. The first kappa shape index (κ1) is 31.6. The Morgan fingerprint density at radius 3 is 1.19 bits per heavy atom. The first-order valence-electron chi connectivity index (χ1n) is 19.5. The summed E-state index contributed by atoms with van der Waals surface area (Å²) in [4.78, 5) is 4.80. The predicted molar refractivity (Wildman–Crippen MR) is 238 cm³/mol. The van der Waals surface area contributed by atoms with Gasteiger partial charge in [0.1, 0.15) is 5.65 Å². The quantitative estimate of drug-likeness (QED) is 0.174. The van der Waals surface area contributed by atoms with Crippen molar-refractivity contribution in [2.24, 2.45) is 0 Å². The molecule has 0 N–H and O–H groups in total. The van der Waals surface area contributed by atoms with Gasteiger partial charge in [-0.3, -0.25) is 4.57 Å². The molecular weight excluding hydrogens is 693 g/mol.